The zero-order chi connectivity index (χ0) is 16.0. The normalized spacial score (nSPS) is 25.4. The number of aliphatic carboxylic acids is 1. The second-order valence-electron chi connectivity index (χ2n) is 7.05. The molecule has 0 aromatic rings. The molecule has 1 saturated carbocycles. The topological polar surface area (TPSA) is 86.6 Å². The summed E-state index contributed by atoms with van der Waals surface area (Å²) in [7, 11) is 0. The number of aliphatic hydroxyl groups is 1. The summed E-state index contributed by atoms with van der Waals surface area (Å²) in [6.45, 7) is 6.16. The molecule has 1 aliphatic rings. The molecular weight excluding hydrogens is 270 g/mol. The van der Waals surface area contributed by atoms with Crippen LogP contribution in [0.5, 0.6) is 0 Å². The Morgan fingerprint density at radius 1 is 1.29 bits per heavy atom. The van der Waals surface area contributed by atoms with Gasteiger partial charge in [-0.2, -0.15) is 0 Å². The Hall–Kier alpha value is -1.10. The first-order valence-corrected chi connectivity index (χ1v) is 7.94. The van der Waals surface area contributed by atoms with Crippen molar-refractivity contribution in [3.63, 3.8) is 0 Å². The first kappa shape index (κ1) is 18.0. The smallest absolute Gasteiger partial charge is 0.306 e. The van der Waals surface area contributed by atoms with Gasteiger partial charge in [-0.05, 0) is 44.9 Å². The molecule has 122 valence electrons. The molecule has 1 amide bonds. The van der Waals surface area contributed by atoms with Gasteiger partial charge < -0.3 is 15.5 Å². The predicted octanol–water partition coefficient (Wildman–Crippen LogP) is 2.18. The van der Waals surface area contributed by atoms with Gasteiger partial charge in [0.2, 0.25) is 5.91 Å². The molecule has 0 radical (unpaired) electrons. The van der Waals surface area contributed by atoms with Crippen LogP contribution in [0.2, 0.25) is 0 Å². The quantitative estimate of drug-likeness (QED) is 0.672. The van der Waals surface area contributed by atoms with Gasteiger partial charge >= 0.3 is 5.97 Å². The number of hydrogen-bond acceptors (Lipinski definition) is 3. The van der Waals surface area contributed by atoms with Crippen molar-refractivity contribution in [3.8, 4) is 0 Å². The van der Waals surface area contributed by atoms with Crippen LogP contribution in [0.1, 0.15) is 59.3 Å². The van der Waals surface area contributed by atoms with Crippen LogP contribution in [0.15, 0.2) is 0 Å². The minimum atomic E-state index is -0.902. The van der Waals surface area contributed by atoms with Crippen molar-refractivity contribution in [2.24, 2.45) is 17.8 Å². The Balaban J connectivity index is 2.40. The van der Waals surface area contributed by atoms with Gasteiger partial charge in [0.25, 0.3) is 0 Å². The number of carboxylic acids is 1. The van der Waals surface area contributed by atoms with Crippen LogP contribution >= 0.6 is 0 Å². The average Bonchev–Trinajstić information content (AvgIpc) is 2.43. The lowest BCUT2D eigenvalue weighted by Gasteiger charge is -2.28. The van der Waals surface area contributed by atoms with E-state index in [1.807, 2.05) is 0 Å². The van der Waals surface area contributed by atoms with Crippen LogP contribution in [0.25, 0.3) is 0 Å². The molecular formula is C16H29NO4. The van der Waals surface area contributed by atoms with Gasteiger partial charge in [0.05, 0.1) is 11.5 Å². The summed E-state index contributed by atoms with van der Waals surface area (Å²) < 4.78 is 0. The van der Waals surface area contributed by atoms with Crippen LogP contribution in [0.3, 0.4) is 0 Å². The highest BCUT2D eigenvalue weighted by molar-refractivity contribution is 5.80. The maximum atomic E-state index is 12.1. The van der Waals surface area contributed by atoms with E-state index in [0.29, 0.717) is 25.2 Å². The number of amides is 1. The second kappa shape index (κ2) is 7.78. The van der Waals surface area contributed by atoms with Gasteiger partial charge in [-0.15, -0.1) is 0 Å². The minimum Gasteiger partial charge on any atom is -0.481 e. The average molecular weight is 299 g/mol. The lowest BCUT2D eigenvalue weighted by Crippen LogP contribution is -2.44. The summed E-state index contributed by atoms with van der Waals surface area (Å²) in [6.07, 6.45) is 4.14. The molecule has 0 saturated heterocycles. The summed E-state index contributed by atoms with van der Waals surface area (Å²) in [5.41, 5.74) is -0.902. The number of hydrogen-bond donors (Lipinski definition) is 3. The molecule has 1 fully saturated rings. The van der Waals surface area contributed by atoms with E-state index in [0.717, 1.165) is 19.3 Å². The maximum Gasteiger partial charge on any atom is 0.306 e. The van der Waals surface area contributed by atoms with E-state index in [-0.39, 0.29) is 18.4 Å². The highest BCUT2D eigenvalue weighted by Crippen LogP contribution is 2.29. The standard InChI is InChI=1S/C16H29NO4/c1-11(2)7-8-16(3,21)10-17-14(18)12-5-4-6-13(9-12)15(19)20/h11-13,21H,4-10H2,1-3H3,(H,17,18)(H,19,20). The van der Waals surface area contributed by atoms with Crippen LogP contribution in [-0.2, 0) is 9.59 Å². The number of carbonyl (C=O) groups is 2. The SMILES string of the molecule is CC(C)CCC(C)(O)CNC(=O)C1CCCC(C(=O)O)C1. The fourth-order valence-electron chi connectivity index (χ4n) is 2.76. The molecule has 5 heteroatoms. The first-order valence-electron chi connectivity index (χ1n) is 7.94. The molecule has 1 aliphatic carbocycles. The lowest BCUT2D eigenvalue weighted by atomic mass is 9.81. The molecule has 0 spiro atoms. The molecule has 1 rings (SSSR count). The Bertz CT molecular complexity index is 365. The van der Waals surface area contributed by atoms with Crippen molar-refractivity contribution in [2.75, 3.05) is 6.54 Å². The predicted molar refractivity (Wildman–Crippen MR) is 80.8 cm³/mol. The van der Waals surface area contributed by atoms with E-state index in [1.165, 1.54) is 0 Å². The summed E-state index contributed by atoms with van der Waals surface area (Å²) >= 11 is 0. The second-order valence-corrected chi connectivity index (χ2v) is 7.05. The summed E-state index contributed by atoms with van der Waals surface area (Å²) in [6, 6.07) is 0. The van der Waals surface area contributed by atoms with E-state index in [9.17, 15) is 14.7 Å². The van der Waals surface area contributed by atoms with Crippen LogP contribution in [0.4, 0.5) is 0 Å². The third kappa shape index (κ3) is 6.46. The van der Waals surface area contributed by atoms with Gasteiger partial charge in [-0.25, -0.2) is 0 Å². The number of rotatable bonds is 7. The van der Waals surface area contributed by atoms with E-state index in [4.69, 9.17) is 5.11 Å². The largest absolute Gasteiger partial charge is 0.481 e. The minimum absolute atomic E-state index is 0.120. The molecule has 3 unspecified atom stereocenters. The highest BCUT2D eigenvalue weighted by atomic mass is 16.4. The van der Waals surface area contributed by atoms with Gasteiger partial charge in [0, 0.05) is 12.5 Å². The van der Waals surface area contributed by atoms with Crippen molar-refractivity contribution in [1.29, 1.82) is 0 Å². The van der Waals surface area contributed by atoms with Crippen molar-refractivity contribution < 1.29 is 19.8 Å². The number of carboxylic acid groups (broad SMARTS) is 1. The Kier molecular flexibility index (Phi) is 6.65. The highest BCUT2D eigenvalue weighted by Gasteiger charge is 2.32. The van der Waals surface area contributed by atoms with Gasteiger partial charge in [-0.3, -0.25) is 9.59 Å². The van der Waals surface area contributed by atoms with Crippen molar-refractivity contribution in [1.82, 2.24) is 5.32 Å². The number of nitrogens with one attached hydrogen (secondary N) is 1. The van der Waals surface area contributed by atoms with Crippen molar-refractivity contribution >= 4 is 11.9 Å². The van der Waals surface area contributed by atoms with E-state index < -0.39 is 17.5 Å². The van der Waals surface area contributed by atoms with E-state index >= 15 is 0 Å². The first-order chi connectivity index (χ1) is 9.71. The molecule has 0 heterocycles. The third-order valence-electron chi connectivity index (χ3n) is 4.30. The monoisotopic (exact) mass is 299 g/mol. The fraction of sp³-hybridized carbons (Fsp3) is 0.875. The zero-order valence-electron chi connectivity index (χ0n) is 13.4. The molecule has 3 N–H and O–H groups in total. The van der Waals surface area contributed by atoms with Crippen molar-refractivity contribution in [2.45, 2.75) is 64.9 Å². The molecule has 21 heavy (non-hydrogen) atoms. The van der Waals surface area contributed by atoms with Crippen LogP contribution in [0, 0.1) is 17.8 Å². The zero-order valence-corrected chi connectivity index (χ0v) is 13.4. The Labute approximate surface area is 127 Å². The van der Waals surface area contributed by atoms with Crippen LogP contribution in [-0.4, -0.2) is 34.2 Å². The molecule has 0 aromatic heterocycles. The number of carbonyl (C=O) groups excluding carboxylic acids is 1. The molecule has 0 aliphatic heterocycles. The Morgan fingerprint density at radius 3 is 2.48 bits per heavy atom. The molecule has 3 atom stereocenters. The molecule has 0 aromatic carbocycles. The van der Waals surface area contributed by atoms with Gasteiger partial charge in [0.15, 0.2) is 0 Å². The van der Waals surface area contributed by atoms with Gasteiger partial charge in [0.1, 0.15) is 0 Å². The van der Waals surface area contributed by atoms with Crippen LogP contribution < -0.4 is 5.32 Å². The maximum absolute atomic E-state index is 12.1. The Morgan fingerprint density at radius 2 is 1.90 bits per heavy atom. The summed E-state index contributed by atoms with van der Waals surface area (Å²) in [5, 5.41) is 22.1. The fourth-order valence-corrected chi connectivity index (χ4v) is 2.76. The summed E-state index contributed by atoms with van der Waals surface area (Å²) in [4.78, 5) is 23.2. The molecule has 5 nitrogen and oxygen atoms in total. The molecule has 0 bridgehead atoms. The lowest BCUT2D eigenvalue weighted by molar-refractivity contribution is -0.144. The van der Waals surface area contributed by atoms with Gasteiger partial charge in [-0.1, -0.05) is 20.3 Å². The third-order valence-corrected chi connectivity index (χ3v) is 4.30. The summed E-state index contributed by atoms with van der Waals surface area (Å²) in [5.74, 6) is -1.05. The van der Waals surface area contributed by atoms with Crippen molar-refractivity contribution in [3.05, 3.63) is 0 Å². The van der Waals surface area contributed by atoms with E-state index in [2.05, 4.69) is 19.2 Å². The van der Waals surface area contributed by atoms with E-state index in [1.54, 1.807) is 6.92 Å².